The summed E-state index contributed by atoms with van der Waals surface area (Å²) in [5.74, 6) is -0.104. The van der Waals surface area contributed by atoms with Crippen molar-refractivity contribution >= 4 is 23.4 Å². The van der Waals surface area contributed by atoms with Gasteiger partial charge in [-0.1, -0.05) is 42.5 Å². The summed E-state index contributed by atoms with van der Waals surface area (Å²) < 4.78 is 0. The van der Waals surface area contributed by atoms with Crippen LogP contribution in [-0.2, 0) is 4.79 Å². The molecule has 1 fully saturated rings. The van der Waals surface area contributed by atoms with E-state index in [0.717, 1.165) is 32.7 Å². The van der Waals surface area contributed by atoms with Gasteiger partial charge in [0.05, 0.1) is 11.5 Å². The Hall–Kier alpha value is -3.03. The molecule has 2 aromatic carbocycles. The van der Waals surface area contributed by atoms with E-state index >= 15 is 0 Å². The molecule has 1 aliphatic heterocycles. The molecule has 2 aromatic rings. The lowest BCUT2D eigenvalue weighted by molar-refractivity contribution is -1.02. The second-order valence-electron chi connectivity index (χ2n) is 7.44. The molecule has 1 amide bonds. The summed E-state index contributed by atoms with van der Waals surface area (Å²) in [5, 5.41) is 13.7. The highest BCUT2D eigenvalue weighted by molar-refractivity contribution is 5.93. The summed E-state index contributed by atoms with van der Waals surface area (Å²) in [6, 6.07) is 16.1. The molecule has 0 aliphatic carbocycles. The van der Waals surface area contributed by atoms with Gasteiger partial charge in [0.15, 0.2) is 6.04 Å². The number of nitrogens with one attached hydrogen (secondary N) is 3. The van der Waals surface area contributed by atoms with Crippen LogP contribution in [0.2, 0.25) is 0 Å². The number of quaternary nitrogens is 2. The van der Waals surface area contributed by atoms with Gasteiger partial charge in [-0.05, 0) is 24.6 Å². The molecule has 1 aliphatic rings. The zero-order valence-corrected chi connectivity index (χ0v) is 16.6. The average molecular weight is 396 g/mol. The van der Waals surface area contributed by atoms with Crippen molar-refractivity contribution in [3.63, 3.8) is 0 Å². The van der Waals surface area contributed by atoms with Gasteiger partial charge in [-0.15, -0.1) is 0 Å². The first-order chi connectivity index (χ1) is 14.0. The number of amides is 1. The molecule has 0 bridgehead atoms. The lowest BCUT2D eigenvalue weighted by atomic mass is 10.2. The highest BCUT2D eigenvalue weighted by Gasteiger charge is 2.30. The number of anilines is 1. The van der Waals surface area contributed by atoms with Crippen LogP contribution in [0, 0.1) is 10.1 Å². The molecular formula is C22H28N4O3+2. The van der Waals surface area contributed by atoms with Gasteiger partial charge >= 0.3 is 0 Å². The summed E-state index contributed by atoms with van der Waals surface area (Å²) in [6.07, 6.45) is 4.37. The van der Waals surface area contributed by atoms with Crippen LogP contribution >= 0.6 is 0 Å². The van der Waals surface area contributed by atoms with Gasteiger partial charge in [0.1, 0.15) is 26.2 Å². The molecule has 3 N–H and O–H groups in total. The first-order valence-electron chi connectivity index (χ1n) is 9.98. The molecule has 29 heavy (non-hydrogen) atoms. The van der Waals surface area contributed by atoms with Crippen molar-refractivity contribution in [1.82, 2.24) is 0 Å². The average Bonchev–Trinajstić information content (AvgIpc) is 2.74. The highest BCUT2D eigenvalue weighted by Crippen LogP contribution is 2.16. The number of benzene rings is 2. The largest absolute Gasteiger partial charge is 0.322 e. The van der Waals surface area contributed by atoms with Crippen LogP contribution in [-0.4, -0.2) is 49.6 Å². The molecule has 1 atom stereocenters. The third kappa shape index (κ3) is 5.97. The Morgan fingerprint density at radius 2 is 1.86 bits per heavy atom. The fourth-order valence-corrected chi connectivity index (χ4v) is 3.62. The molecule has 0 unspecified atom stereocenters. The number of hydrogen-bond acceptors (Lipinski definition) is 3. The van der Waals surface area contributed by atoms with Crippen LogP contribution in [0.3, 0.4) is 0 Å². The van der Waals surface area contributed by atoms with E-state index in [9.17, 15) is 14.9 Å². The molecule has 0 aromatic heterocycles. The smallest absolute Gasteiger partial charge is 0.282 e. The van der Waals surface area contributed by atoms with E-state index in [2.05, 4.69) is 29.6 Å². The molecule has 3 rings (SSSR count). The van der Waals surface area contributed by atoms with Crippen LogP contribution < -0.4 is 15.1 Å². The summed E-state index contributed by atoms with van der Waals surface area (Å²) >= 11 is 0. The van der Waals surface area contributed by atoms with E-state index in [1.165, 1.54) is 27.5 Å². The van der Waals surface area contributed by atoms with Crippen molar-refractivity contribution in [2.24, 2.45) is 0 Å². The van der Waals surface area contributed by atoms with Gasteiger partial charge < -0.3 is 15.1 Å². The maximum absolute atomic E-state index is 12.6. The minimum absolute atomic E-state index is 0.0245. The topological polar surface area (TPSA) is 81.1 Å². The van der Waals surface area contributed by atoms with E-state index < -0.39 is 4.92 Å². The summed E-state index contributed by atoms with van der Waals surface area (Å²) in [7, 11) is 0. The van der Waals surface area contributed by atoms with Crippen molar-refractivity contribution in [2.45, 2.75) is 13.0 Å². The predicted molar refractivity (Wildman–Crippen MR) is 113 cm³/mol. The van der Waals surface area contributed by atoms with Crippen LogP contribution in [0.15, 0.2) is 60.7 Å². The number of nitro benzene ring substituents is 1. The molecule has 152 valence electrons. The molecule has 0 radical (unpaired) electrons. The summed E-state index contributed by atoms with van der Waals surface area (Å²) in [4.78, 5) is 25.8. The minimum atomic E-state index is -0.460. The van der Waals surface area contributed by atoms with Crippen molar-refractivity contribution in [2.75, 3.05) is 38.0 Å². The SMILES string of the molecule is C[C@@H](C(=O)Nc1cccc([N+](=O)[O-])c1)[NH+]1CC[NH+](C/C=C/c2ccccc2)CC1. The van der Waals surface area contributed by atoms with Crippen molar-refractivity contribution in [3.8, 4) is 0 Å². The van der Waals surface area contributed by atoms with E-state index in [0.29, 0.717) is 5.69 Å². The van der Waals surface area contributed by atoms with Crippen LogP contribution in [0.25, 0.3) is 6.08 Å². The van der Waals surface area contributed by atoms with Crippen molar-refractivity contribution < 1.29 is 19.5 Å². The molecule has 7 nitrogen and oxygen atoms in total. The zero-order valence-electron chi connectivity index (χ0n) is 16.6. The number of piperazine rings is 1. The summed E-state index contributed by atoms with van der Waals surface area (Å²) in [6.45, 7) is 6.79. The Morgan fingerprint density at radius 1 is 1.14 bits per heavy atom. The monoisotopic (exact) mass is 396 g/mol. The number of rotatable bonds is 7. The van der Waals surface area contributed by atoms with E-state index in [-0.39, 0.29) is 17.6 Å². The third-order valence-electron chi connectivity index (χ3n) is 5.45. The van der Waals surface area contributed by atoms with E-state index in [1.807, 2.05) is 25.1 Å². The Balaban J connectivity index is 1.46. The van der Waals surface area contributed by atoms with E-state index in [4.69, 9.17) is 0 Å². The lowest BCUT2D eigenvalue weighted by Gasteiger charge is -2.32. The van der Waals surface area contributed by atoms with Crippen LogP contribution in [0.5, 0.6) is 0 Å². The molecule has 7 heteroatoms. The second kappa shape index (κ2) is 9.95. The predicted octanol–water partition coefficient (Wildman–Crippen LogP) is 0.419. The first kappa shape index (κ1) is 20.7. The van der Waals surface area contributed by atoms with E-state index in [1.54, 1.807) is 12.1 Å². The zero-order chi connectivity index (χ0) is 20.6. The minimum Gasteiger partial charge on any atom is -0.322 e. The third-order valence-corrected chi connectivity index (χ3v) is 5.45. The molecule has 1 heterocycles. The normalized spacial score (nSPS) is 20.3. The van der Waals surface area contributed by atoms with Gasteiger partial charge in [0.2, 0.25) is 0 Å². The number of carbonyl (C=O) groups excluding carboxylic acids is 1. The second-order valence-corrected chi connectivity index (χ2v) is 7.44. The Kier molecular flexibility index (Phi) is 7.10. The van der Waals surface area contributed by atoms with Gasteiger partial charge in [-0.3, -0.25) is 14.9 Å². The number of nitro groups is 1. The van der Waals surface area contributed by atoms with Crippen molar-refractivity contribution in [3.05, 3.63) is 76.4 Å². The number of hydrogen-bond donors (Lipinski definition) is 3. The Morgan fingerprint density at radius 3 is 2.55 bits per heavy atom. The quantitative estimate of drug-likeness (QED) is 0.469. The highest BCUT2D eigenvalue weighted by atomic mass is 16.6. The van der Waals surface area contributed by atoms with Crippen molar-refractivity contribution in [1.29, 1.82) is 0 Å². The molecule has 0 spiro atoms. The molecular weight excluding hydrogens is 368 g/mol. The standard InChI is InChI=1S/C22H26N4O3/c1-18(22(27)23-20-10-5-11-21(17-20)26(28)29)25-15-13-24(14-16-25)12-6-9-19-7-3-2-4-8-19/h2-11,17-18H,12-16H2,1H3,(H,23,27)/p+2/b9-6+/t18-/m0/s1. The maximum atomic E-state index is 12.6. The Bertz CT molecular complexity index is 861. The van der Waals surface area contributed by atoms with Gasteiger partial charge in [0, 0.05) is 17.8 Å². The fourth-order valence-electron chi connectivity index (χ4n) is 3.62. The summed E-state index contributed by atoms with van der Waals surface area (Å²) in [5.41, 5.74) is 1.65. The number of nitrogens with zero attached hydrogens (tertiary/aromatic N) is 1. The lowest BCUT2D eigenvalue weighted by Crippen LogP contribution is -3.29. The van der Waals surface area contributed by atoms with Gasteiger partial charge in [-0.25, -0.2) is 0 Å². The maximum Gasteiger partial charge on any atom is 0.282 e. The molecule has 1 saturated heterocycles. The van der Waals surface area contributed by atoms with Crippen LogP contribution in [0.4, 0.5) is 11.4 Å². The Labute approximate surface area is 170 Å². The molecule has 0 saturated carbocycles. The van der Waals surface area contributed by atoms with Crippen LogP contribution in [0.1, 0.15) is 12.5 Å². The number of carbonyl (C=O) groups is 1. The van der Waals surface area contributed by atoms with Gasteiger partial charge in [0.25, 0.3) is 11.6 Å². The fraction of sp³-hybridized carbons (Fsp3) is 0.318. The number of non-ortho nitro benzene ring substituents is 1. The first-order valence-corrected chi connectivity index (χ1v) is 9.98. The van der Waals surface area contributed by atoms with Gasteiger partial charge in [-0.2, -0.15) is 0 Å².